The molecule has 1 heterocycles. The number of nitrogens with two attached hydrogens (primary N) is 1. The van der Waals surface area contributed by atoms with E-state index in [2.05, 4.69) is 29.7 Å². The van der Waals surface area contributed by atoms with Gasteiger partial charge in [-0.2, -0.15) is 5.11 Å². The van der Waals surface area contributed by atoms with Crippen molar-refractivity contribution in [3.8, 4) is 11.5 Å². The van der Waals surface area contributed by atoms with Crippen LogP contribution in [0.5, 0.6) is 11.5 Å². The molecule has 39 heteroatoms. The summed E-state index contributed by atoms with van der Waals surface area (Å²) in [5.74, 6) is -3.95. The maximum absolute atomic E-state index is 11.6. The second-order valence-corrected chi connectivity index (χ2v) is 24.1. The molecule has 8 rings (SSSR count). The Balaban J connectivity index is 0.000000651. The summed E-state index contributed by atoms with van der Waals surface area (Å²) < 4.78 is 74.3. The van der Waals surface area contributed by atoms with E-state index in [9.17, 15) is 91.3 Å². The summed E-state index contributed by atoms with van der Waals surface area (Å²) in [5.41, 5.74) is 8.59. The minimum absolute atomic E-state index is 0. The van der Waals surface area contributed by atoms with Crippen molar-refractivity contribution in [3.05, 3.63) is 197 Å². The Morgan fingerprint density at radius 1 is 0.594 bits per heavy atom. The van der Waals surface area contributed by atoms with Crippen LogP contribution in [0.15, 0.2) is 169 Å². The van der Waals surface area contributed by atoms with E-state index in [1.807, 2.05) is 32.6 Å². The van der Waals surface area contributed by atoms with Crippen LogP contribution in [0.1, 0.15) is 82.4 Å². The second-order valence-electron chi connectivity index (χ2n) is 21.0. The molecule has 2 aliphatic rings. The van der Waals surface area contributed by atoms with E-state index in [1.165, 1.54) is 121 Å². The second kappa shape index (κ2) is 39.3. The summed E-state index contributed by atoms with van der Waals surface area (Å²) in [7, 11) is -9.08. The summed E-state index contributed by atoms with van der Waals surface area (Å²) >= 11 is 9.93. The van der Waals surface area contributed by atoms with E-state index >= 15 is 0 Å². The molecule has 6 aromatic rings. The molecule has 1 aliphatic heterocycles. The number of azo groups is 1. The number of rotatable bonds is 20. The number of nitro benzene ring substituents is 4. The van der Waals surface area contributed by atoms with Gasteiger partial charge in [-0.15, -0.1) is 27.7 Å². The van der Waals surface area contributed by atoms with E-state index in [4.69, 9.17) is 34.4 Å². The van der Waals surface area contributed by atoms with Crippen molar-refractivity contribution in [3.63, 3.8) is 0 Å². The van der Waals surface area contributed by atoms with Crippen molar-refractivity contribution in [2.24, 2.45) is 35.1 Å². The Labute approximate surface area is 609 Å². The van der Waals surface area contributed by atoms with Crippen molar-refractivity contribution in [1.29, 1.82) is 0 Å². The maximum atomic E-state index is 11.6. The molecule has 6 aromatic carbocycles. The van der Waals surface area contributed by atoms with E-state index in [1.54, 1.807) is 18.2 Å². The molecule has 96 heavy (non-hydrogen) atoms. The van der Waals surface area contributed by atoms with Crippen LogP contribution in [0, 0.1) is 45.9 Å². The number of halogens is 3. The summed E-state index contributed by atoms with van der Waals surface area (Å²) in [4.78, 5) is 62.8. The number of carbonyl (C=O) groups excluding carboxylic acids is 1. The number of phenolic OH excluding ortho intramolecular Hbond substituents is 2. The molecule has 5 N–H and O–H groups in total. The van der Waals surface area contributed by atoms with E-state index in [0.717, 1.165) is 0 Å². The quantitative estimate of drug-likeness (QED) is 0.0153. The number of hydrogen-bond acceptors (Lipinski definition) is 27. The van der Waals surface area contributed by atoms with Crippen LogP contribution < -0.4 is 74.9 Å². The molecule has 1 atom stereocenters. The van der Waals surface area contributed by atoms with Gasteiger partial charge in [-0.1, -0.05) is 35.3 Å². The Hall–Kier alpha value is -7.97. The molecule has 0 bridgehead atoms. The number of hydrogen-bond donors (Lipinski definition) is 4. The van der Waals surface area contributed by atoms with Gasteiger partial charge in [0.15, 0.2) is 0 Å². The van der Waals surface area contributed by atoms with Crippen molar-refractivity contribution in [2.45, 2.75) is 71.3 Å². The smallest absolute Gasteiger partial charge is 0.748 e. The third kappa shape index (κ3) is 28.4. The Morgan fingerprint density at radius 3 is 1.41 bits per heavy atom. The van der Waals surface area contributed by atoms with Crippen LogP contribution in [0.25, 0.3) is 11.1 Å². The van der Waals surface area contributed by atoms with Crippen LogP contribution >= 0.6 is 36.0 Å². The van der Waals surface area contributed by atoms with Crippen molar-refractivity contribution in [2.75, 3.05) is 28.7 Å². The zero-order chi connectivity index (χ0) is 69.6. The van der Waals surface area contributed by atoms with Crippen LogP contribution in [0.4, 0.5) is 56.9 Å². The van der Waals surface area contributed by atoms with Gasteiger partial charge < -0.3 is 45.0 Å². The van der Waals surface area contributed by atoms with E-state index in [-0.39, 0.29) is 136 Å². The van der Waals surface area contributed by atoms with Crippen molar-refractivity contribution in [1.82, 2.24) is 0 Å². The molecule has 0 radical (unpaired) electrons. The predicted molar refractivity (Wildman–Crippen MR) is 344 cm³/mol. The van der Waals surface area contributed by atoms with Crippen LogP contribution in [-0.2, 0) is 29.8 Å². The average molecular weight is 1450 g/mol. The molecule has 0 aromatic heterocycles. The zero-order valence-electron chi connectivity index (χ0n) is 51.8. The summed E-state index contributed by atoms with van der Waals surface area (Å²) in [6.07, 6.45) is 4.42. The fourth-order valence-electron chi connectivity index (χ4n) is 9.29. The van der Waals surface area contributed by atoms with Crippen molar-refractivity contribution < 1.29 is 135 Å². The first-order valence-corrected chi connectivity index (χ1v) is 30.7. The standard InChI is InChI=1S/C23H25N3O8S.C16H21NO6S.2C6H4ClN3O2.C6H6N2O2.ClH.2Na/c1-23(2)12-14(13-35(32,33)34)17-10-20(25-24-15-6-8-16(9-7-15)26(30)31)21(27)11-18(17)19(23)4-3-5-22(28)29;1-16(2)9-11(10-24(21,22)23)13-6-5-12(18)8-14(13)17(16)7-3-4-15(19)20;2*7-9-8-5-1-3-6(4-2-5)10(11)12;7-5-1-3-6(4-2-5)8(9)10;;;/h6-12,19,27H,3-5,13H2,1-2H3,(H,28,29)(H,32,33,34);5-6,8-9,18H,3-4,7,10H2,1-2H3,(H,19,20)(H,21,22,23);2*1-4H;1-4H,7H2;1H;;/q;;;;;;2*+1/p-3. The molecule has 1 aliphatic carbocycles. The number of fused-ring (bicyclic) bond motifs is 2. The summed E-state index contributed by atoms with van der Waals surface area (Å²) in [6, 6.07) is 29.5. The molecule has 0 saturated heterocycles. The first-order valence-electron chi connectivity index (χ1n) is 26.8. The molecule has 502 valence electrons. The number of benzene rings is 6. The number of phenols is 2. The minimum atomic E-state index is -4.62. The number of carboxylic acids is 2. The number of carboxylic acid groups (broad SMARTS) is 2. The number of aliphatic carboxylic acids is 2. The topological polar surface area (TPSA) is 508 Å². The van der Waals surface area contributed by atoms with Gasteiger partial charge in [-0.25, -0.2) is 16.8 Å². The van der Waals surface area contributed by atoms with Gasteiger partial charge in [0.1, 0.15) is 17.2 Å². The van der Waals surface area contributed by atoms with Gasteiger partial charge in [0.25, 0.3) is 22.7 Å². The molecule has 0 amide bonds. The maximum Gasteiger partial charge on any atom is 1.00 e. The molecule has 0 saturated carbocycles. The number of nitro groups is 4. The molecular weight excluding hydrogens is 1390 g/mol. The Kier molecular flexibility index (Phi) is 35.2. The van der Waals surface area contributed by atoms with Gasteiger partial charge in [0.2, 0.25) is 0 Å². The first kappa shape index (κ1) is 86.0. The SMILES string of the molecule is CC1(C)C=C(CS(=O)(=O)[O-])c2cc(N=Nc3ccc([N+](=O)[O-])cc3)c(O)cc2C1CCCC(=O)O.CC1(C)C=C(CS(=O)(=O)[O-])c2ccc(O)cc2N1CCCC(=O)[O-].Cl.Nc1ccc([N+](=O)[O-])cc1.O=[N+]([O-])c1ccc(N=NCl)cc1.O=[N+]([O-])c1ccc(N=NCl)cc1.[Na+].[Na+]. The molecule has 0 spiro atoms. The van der Waals surface area contributed by atoms with Gasteiger partial charge in [-0.05, 0) is 146 Å². The molecule has 1 unspecified atom stereocenters. The third-order valence-corrected chi connectivity index (χ3v) is 14.8. The minimum Gasteiger partial charge on any atom is -0.748 e. The Morgan fingerprint density at radius 2 is 1.01 bits per heavy atom. The summed E-state index contributed by atoms with van der Waals surface area (Å²) in [5, 5.41) is 96.3. The van der Waals surface area contributed by atoms with Crippen LogP contribution in [0.2, 0.25) is 0 Å². The van der Waals surface area contributed by atoms with E-state index < -0.39 is 74.3 Å². The number of nitrogens with zero attached hydrogens (tertiary/aromatic N) is 11. The fraction of sp³-hybridized carbons (Fsp3) is 0.263. The van der Waals surface area contributed by atoms with Gasteiger partial charge in [0.05, 0.1) is 97.6 Å². The number of nitrogen functional groups attached to an aromatic ring is 1. The van der Waals surface area contributed by atoms with Gasteiger partial charge in [-0.3, -0.25) is 45.3 Å². The Bertz CT molecular complexity index is 4040. The number of allylic oxidation sites excluding steroid dienone is 1. The zero-order valence-corrected chi connectivity index (χ0v) is 59.7. The fourth-order valence-corrected chi connectivity index (χ4v) is 10.7. The van der Waals surface area contributed by atoms with Gasteiger partial charge in [0, 0.05) is 90.5 Å². The van der Waals surface area contributed by atoms with E-state index in [0.29, 0.717) is 76.5 Å². The number of aromatic hydroxyl groups is 2. The third-order valence-electron chi connectivity index (χ3n) is 13.3. The number of anilines is 2. The largest absolute Gasteiger partial charge is 1.00 e. The molecule has 32 nitrogen and oxygen atoms in total. The van der Waals surface area contributed by atoms with Gasteiger partial charge >= 0.3 is 65.1 Å². The monoisotopic (exact) mass is 1450 g/mol. The predicted octanol–water partition coefficient (Wildman–Crippen LogP) is 6.74. The number of non-ortho nitro benzene ring substituents is 4. The molecular formula is C57H58Cl3N12Na2O20S2-. The first-order chi connectivity index (χ1) is 43.4. The van der Waals surface area contributed by atoms with Crippen LogP contribution in [0.3, 0.4) is 0 Å². The number of carbonyl (C=O) groups is 2. The normalized spacial score (nSPS) is 13.9. The van der Waals surface area contributed by atoms with Crippen LogP contribution in [-0.4, -0.2) is 96.5 Å². The summed E-state index contributed by atoms with van der Waals surface area (Å²) in [6.45, 7) is 7.76. The average Bonchev–Trinajstić information content (AvgIpc) is 0.760. The molecule has 0 fully saturated rings. The van der Waals surface area contributed by atoms with Crippen molar-refractivity contribution >= 4 is 136 Å².